The molecule has 0 N–H and O–H groups in total. The number of hydrogen-bond acceptors (Lipinski definition) is 5. The van der Waals surface area contributed by atoms with Gasteiger partial charge in [-0.1, -0.05) is 0 Å². The van der Waals surface area contributed by atoms with E-state index >= 15 is 0 Å². The maximum Gasteiger partial charge on any atom is 0.220 e. The lowest BCUT2D eigenvalue weighted by atomic mass is 9.92. The molecule has 136 valence electrons. The standard InChI is InChI=1S/C20H23N3OS2/c1-15(24)23(12-16-4-9-25-14-16)19-10-20(19)5-7-22(8-6-20)13-18-3-2-17(11-21)26-18/h2-4,9,14,19H,5-8,10,12-13H2,1H3. The number of nitriles is 1. The van der Waals surface area contributed by atoms with Gasteiger partial charge in [0, 0.05) is 30.9 Å². The first-order chi connectivity index (χ1) is 12.6. The Morgan fingerprint density at radius 3 is 2.81 bits per heavy atom. The Kier molecular flexibility index (Phi) is 4.87. The number of hydrogen-bond donors (Lipinski definition) is 0. The molecule has 0 aromatic carbocycles. The highest BCUT2D eigenvalue weighted by Gasteiger charge is 2.58. The molecule has 26 heavy (non-hydrogen) atoms. The van der Waals surface area contributed by atoms with Gasteiger partial charge < -0.3 is 4.90 Å². The summed E-state index contributed by atoms with van der Waals surface area (Å²) >= 11 is 3.29. The third kappa shape index (κ3) is 3.57. The summed E-state index contributed by atoms with van der Waals surface area (Å²) in [6.45, 7) is 5.57. The molecule has 2 aromatic rings. The number of nitrogens with zero attached hydrogens (tertiary/aromatic N) is 3. The zero-order valence-corrected chi connectivity index (χ0v) is 16.6. The minimum atomic E-state index is 0.197. The predicted molar refractivity (Wildman–Crippen MR) is 105 cm³/mol. The van der Waals surface area contributed by atoms with E-state index in [1.807, 2.05) is 6.07 Å². The molecule has 1 atom stereocenters. The van der Waals surface area contributed by atoms with Crippen LogP contribution in [0.2, 0.25) is 0 Å². The van der Waals surface area contributed by atoms with E-state index in [4.69, 9.17) is 5.26 Å². The third-order valence-electron chi connectivity index (χ3n) is 5.86. The first-order valence-corrected chi connectivity index (χ1v) is 10.8. The summed E-state index contributed by atoms with van der Waals surface area (Å²) < 4.78 is 0. The van der Waals surface area contributed by atoms with Gasteiger partial charge in [-0.2, -0.15) is 16.6 Å². The molecule has 1 spiro atoms. The molecule has 3 heterocycles. The summed E-state index contributed by atoms with van der Waals surface area (Å²) in [4.78, 5) is 18.9. The Labute approximate surface area is 162 Å². The summed E-state index contributed by atoms with van der Waals surface area (Å²) in [5, 5.41) is 13.2. The van der Waals surface area contributed by atoms with E-state index < -0.39 is 0 Å². The van der Waals surface area contributed by atoms with E-state index in [0.717, 1.165) is 37.5 Å². The van der Waals surface area contributed by atoms with E-state index in [-0.39, 0.29) is 5.91 Å². The topological polar surface area (TPSA) is 47.3 Å². The molecule has 1 saturated heterocycles. The SMILES string of the molecule is CC(=O)N(Cc1ccsc1)C1CC12CCN(Cc1ccc(C#N)s1)CC2. The average molecular weight is 386 g/mol. The average Bonchev–Trinajstić information content (AvgIpc) is 3.01. The van der Waals surface area contributed by atoms with Gasteiger partial charge >= 0.3 is 0 Å². The van der Waals surface area contributed by atoms with E-state index in [1.165, 1.54) is 23.3 Å². The maximum absolute atomic E-state index is 12.2. The van der Waals surface area contributed by atoms with E-state index in [0.29, 0.717) is 11.5 Å². The quantitative estimate of drug-likeness (QED) is 0.779. The van der Waals surface area contributed by atoms with Gasteiger partial charge in [0.05, 0.1) is 0 Å². The second-order valence-electron chi connectivity index (χ2n) is 7.51. The van der Waals surface area contributed by atoms with Crippen molar-refractivity contribution < 1.29 is 4.79 Å². The summed E-state index contributed by atoms with van der Waals surface area (Å²) in [7, 11) is 0. The van der Waals surface area contributed by atoms with Crippen LogP contribution in [0.3, 0.4) is 0 Å². The number of piperidine rings is 1. The molecule has 1 amide bonds. The largest absolute Gasteiger partial charge is 0.335 e. The van der Waals surface area contributed by atoms with Crippen LogP contribution < -0.4 is 0 Å². The Morgan fingerprint density at radius 1 is 1.38 bits per heavy atom. The van der Waals surface area contributed by atoms with E-state index in [2.05, 4.69) is 38.8 Å². The Bertz CT molecular complexity index is 812. The summed E-state index contributed by atoms with van der Waals surface area (Å²) in [6, 6.07) is 8.74. The van der Waals surface area contributed by atoms with Crippen LogP contribution in [-0.4, -0.2) is 34.8 Å². The highest BCUT2D eigenvalue weighted by atomic mass is 32.1. The number of amides is 1. The Balaban J connectivity index is 1.34. The van der Waals surface area contributed by atoms with Crippen LogP contribution in [-0.2, 0) is 17.9 Å². The van der Waals surface area contributed by atoms with Crippen LogP contribution in [0.4, 0.5) is 0 Å². The molecule has 6 heteroatoms. The van der Waals surface area contributed by atoms with Crippen molar-refractivity contribution in [2.45, 2.75) is 45.3 Å². The van der Waals surface area contributed by atoms with Crippen LogP contribution in [0.1, 0.15) is 41.5 Å². The second kappa shape index (κ2) is 7.15. The fourth-order valence-corrected chi connectivity index (χ4v) is 5.73. The Morgan fingerprint density at radius 2 is 2.19 bits per heavy atom. The molecule has 2 aromatic heterocycles. The molecule has 1 aliphatic heterocycles. The number of carbonyl (C=O) groups excluding carboxylic acids is 1. The van der Waals surface area contributed by atoms with Gasteiger partial charge in [-0.15, -0.1) is 11.3 Å². The zero-order valence-electron chi connectivity index (χ0n) is 15.0. The number of carbonyl (C=O) groups is 1. The van der Waals surface area contributed by atoms with Crippen LogP contribution in [0.15, 0.2) is 29.0 Å². The lowest BCUT2D eigenvalue weighted by Gasteiger charge is -2.34. The summed E-state index contributed by atoms with van der Waals surface area (Å²) in [5.41, 5.74) is 1.58. The van der Waals surface area contributed by atoms with Gasteiger partial charge in [0.15, 0.2) is 0 Å². The molecule has 0 bridgehead atoms. The molecule has 2 fully saturated rings. The normalized spacial score (nSPS) is 21.5. The van der Waals surface area contributed by atoms with Crippen LogP contribution in [0.25, 0.3) is 0 Å². The van der Waals surface area contributed by atoms with Crippen LogP contribution in [0.5, 0.6) is 0 Å². The summed E-state index contributed by atoms with van der Waals surface area (Å²) in [6.07, 6.45) is 3.49. The monoisotopic (exact) mass is 385 g/mol. The molecular weight excluding hydrogens is 362 g/mol. The first-order valence-electron chi connectivity index (χ1n) is 9.09. The number of thiophene rings is 2. The number of likely N-dealkylation sites (tertiary alicyclic amines) is 1. The van der Waals surface area contributed by atoms with Gasteiger partial charge in [0.2, 0.25) is 5.91 Å². The van der Waals surface area contributed by atoms with Gasteiger partial charge in [-0.25, -0.2) is 0 Å². The third-order valence-corrected chi connectivity index (χ3v) is 7.57. The zero-order chi connectivity index (χ0) is 18.1. The minimum absolute atomic E-state index is 0.197. The van der Waals surface area contributed by atoms with Crippen molar-refractivity contribution in [3.63, 3.8) is 0 Å². The van der Waals surface area contributed by atoms with Crippen LogP contribution >= 0.6 is 22.7 Å². The van der Waals surface area contributed by atoms with Crippen molar-refractivity contribution in [2.24, 2.45) is 5.41 Å². The van der Waals surface area contributed by atoms with Crippen molar-refractivity contribution >= 4 is 28.6 Å². The first kappa shape index (κ1) is 17.7. The molecule has 1 aliphatic carbocycles. The van der Waals surface area contributed by atoms with Gasteiger partial charge in [0.1, 0.15) is 10.9 Å². The van der Waals surface area contributed by atoms with E-state index in [9.17, 15) is 4.79 Å². The molecule has 1 saturated carbocycles. The molecule has 2 aliphatic rings. The summed E-state index contributed by atoms with van der Waals surface area (Å²) in [5.74, 6) is 0.197. The van der Waals surface area contributed by atoms with Crippen molar-refractivity contribution in [1.29, 1.82) is 5.26 Å². The fraction of sp³-hybridized carbons (Fsp3) is 0.500. The molecule has 4 rings (SSSR count). The van der Waals surface area contributed by atoms with Gasteiger partial charge in [-0.05, 0) is 72.3 Å². The molecule has 1 unspecified atom stereocenters. The fourth-order valence-electron chi connectivity index (χ4n) is 4.22. The lowest BCUT2D eigenvalue weighted by molar-refractivity contribution is -0.130. The van der Waals surface area contributed by atoms with Crippen molar-refractivity contribution in [2.75, 3.05) is 13.1 Å². The lowest BCUT2D eigenvalue weighted by Crippen LogP contribution is -2.39. The second-order valence-corrected chi connectivity index (χ2v) is 9.46. The smallest absolute Gasteiger partial charge is 0.220 e. The van der Waals surface area contributed by atoms with Crippen molar-refractivity contribution in [3.05, 3.63) is 44.3 Å². The van der Waals surface area contributed by atoms with Gasteiger partial charge in [0.25, 0.3) is 0 Å². The highest BCUT2D eigenvalue weighted by Crippen LogP contribution is 2.57. The highest BCUT2D eigenvalue weighted by molar-refractivity contribution is 7.12. The minimum Gasteiger partial charge on any atom is -0.335 e. The van der Waals surface area contributed by atoms with Gasteiger partial charge in [-0.3, -0.25) is 9.69 Å². The number of rotatable bonds is 5. The molecule has 4 nitrogen and oxygen atoms in total. The maximum atomic E-state index is 12.2. The predicted octanol–water partition coefficient (Wildman–Crippen LogP) is 4.08. The Hall–Kier alpha value is -1.68. The van der Waals surface area contributed by atoms with Crippen molar-refractivity contribution in [3.8, 4) is 6.07 Å². The van der Waals surface area contributed by atoms with E-state index in [1.54, 1.807) is 29.6 Å². The molecular formula is C20H23N3OS2. The van der Waals surface area contributed by atoms with Crippen molar-refractivity contribution in [1.82, 2.24) is 9.80 Å². The van der Waals surface area contributed by atoms with Crippen LogP contribution in [0, 0.1) is 16.7 Å². The molecule has 0 radical (unpaired) electrons.